The Morgan fingerprint density at radius 2 is 1.82 bits per heavy atom. The van der Waals surface area contributed by atoms with E-state index in [1.54, 1.807) is 0 Å². The van der Waals surface area contributed by atoms with Crippen molar-refractivity contribution in [1.29, 1.82) is 0 Å². The fraction of sp³-hybridized carbons (Fsp3) is 0.387. The van der Waals surface area contributed by atoms with Gasteiger partial charge in [-0.15, -0.1) is 0 Å². The molecule has 1 atom stereocenters. The number of amides is 2. The fourth-order valence-electron chi connectivity index (χ4n) is 5.09. The van der Waals surface area contributed by atoms with E-state index in [9.17, 15) is 32.3 Å². The highest BCUT2D eigenvalue weighted by Crippen LogP contribution is 2.45. The van der Waals surface area contributed by atoms with Gasteiger partial charge in [0.15, 0.2) is 11.5 Å². The van der Waals surface area contributed by atoms with Gasteiger partial charge in [-0.1, -0.05) is 11.6 Å². The quantitative estimate of drug-likeness (QED) is 0.244. The summed E-state index contributed by atoms with van der Waals surface area (Å²) in [4.78, 5) is 29.2. The number of nitrogens with one attached hydrogen (secondary N) is 2. The lowest BCUT2D eigenvalue weighted by Crippen LogP contribution is -2.53. The van der Waals surface area contributed by atoms with E-state index >= 15 is 0 Å². The number of alkyl halides is 3. The van der Waals surface area contributed by atoms with Crippen molar-refractivity contribution in [3.05, 3.63) is 76.2 Å². The summed E-state index contributed by atoms with van der Waals surface area (Å²) in [5.41, 5.74) is -5.08. The third kappa shape index (κ3) is 6.32. The molecule has 2 saturated carbocycles. The summed E-state index contributed by atoms with van der Waals surface area (Å²) < 4.78 is 69.1. The minimum atomic E-state index is -5.30. The lowest BCUT2D eigenvalue weighted by molar-refractivity contribution is -0.265. The van der Waals surface area contributed by atoms with Crippen molar-refractivity contribution in [2.45, 2.75) is 62.4 Å². The first-order valence-electron chi connectivity index (χ1n) is 13.9. The van der Waals surface area contributed by atoms with Crippen LogP contribution in [0, 0.1) is 5.82 Å². The van der Waals surface area contributed by atoms with Gasteiger partial charge in [0, 0.05) is 18.1 Å². The van der Waals surface area contributed by atoms with E-state index in [1.165, 1.54) is 50.4 Å². The monoisotopic (exact) mass is 635 g/mol. The third-order valence-electron chi connectivity index (χ3n) is 7.86. The maximum Gasteiger partial charge on any atom is 0.424 e. The Bertz CT molecular complexity index is 1590. The first kappa shape index (κ1) is 31.5. The van der Waals surface area contributed by atoms with E-state index < -0.39 is 47.2 Å². The van der Waals surface area contributed by atoms with Crippen LogP contribution in [-0.4, -0.2) is 47.8 Å². The summed E-state index contributed by atoms with van der Waals surface area (Å²) in [6.07, 6.45) is -1.91. The molecule has 2 amide bonds. The summed E-state index contributed by atoms with van der Waals surface area (Å²) >= 11 is 5.95. The van der Waals surface area contributed by atoms with Crippen molar-refractivity contribution >= 4 is 23.4 Å². The number of hydrogen-bond acceptors (Lipinski definition) is 6. The maximum atomic E-state index is 14.7. The number of aliphatic hydroxyl groups is 1. The molecule has 2 fully saturated rings. The van der Waals surface area contributed by atoms with Gasteiger partial charge in [-0.25, -0.2) is 9.37 Å². The minimum absolute atomic E-state index is 0.0167. The predicted molar refractivity (Wildman–Crippen MR) is 153 cm³/mol. The van der Waals surface area contributed by atoms with E-state index in [4.69, 9.17) is 21.1 Å². The van der Waals surface area contributed by atoms with Gasteiger partial charge in [0.25, 0.3) is 5.91 Å². The van der Waals surface area contributed by atoms with Crippen LogP contribution in [0.3, 0.4) is 0 Å². The van der Waals surface area contributed by atoms with Crippen LogP contribution in [0.15, 0.2) is 48.5 Å². The lowest BCUT2D eigenvalue weighted by Gasteiger charge is -2.43. The average Bonchev–Trinajstić information content (AvgIpc) is 3.78. The molecule has 2 aromatic carbocycles. The third-order valence-corrected chi connectivity index (χ3v) is 8.15. The van der Waals surface area contributed by atoms with Crippen molar-refractivity contribution in [1.82, 2.24) is 15.6 Å². The molecule has 0 aliphatic heterocycles. The molecular formula is C31H30ClF4N3O5. The highest BCUT2D eigenvalue weighted by molar-refractivity contribution is 6.31. The molecule has 0 bridgehead atoms. The van der Waals surface area contributed by atoms with Gasteiger partial charge in [0.2, 0.25) is 11.5 Å². The Morgan fingerprint density at radius 3 is 2.39 bits per heavy atom. The summed E-state index contributed by atoms with van der Waals surface area (Å²) in [6.45, 7) is 0.00912. The zero-order valence-electron chi connectivity index (χ0n) is 23.9. The normalized spacial score (nSPS) is 17.2. The SMILES string of the molecule is COc1cc(C(=O)NCC(O)(c2cc(C3(NC(C)=O)CCC3)cc(-c3ccc(F)c(Cl)c3)n2)C(F)(F)F)ccc1OC1CC1. The molecule has 1 aromatic heterocycles. The van der Waals surface area contributed by atoms with Gasteiger partial charge < -0.3 is 25.2 Å². The Hall–Kier alpha value is -3.90. The van der Waals surface area contributed by atoms with Crippen LogP contribution in [0.5, 0.6) is 11.5 Å². The van der Waals surface area contributed by atoms with Crippen molar-refractivity contribution in [2.75, 3.05) is 13.7 Å². The van der Waals surface area contributed by atoms with E-state index in [-0.39, 0.29) is 39.3 Å². The smallest absolute Gasteiger partial charge is 0.424 e. The van der Waals surface area contributed by atoms with E-state index in [0.29, 0.717) is 25.0 Å². The molecule has 44 heavy (non-hydrogen) atoms. The zero-order chi connectivity index (χ0) is 31.9. The van der Waals surface area contributed by atoms with E-state index in [2.05, 4.69) is 15.6 Å². The van der Waals surface area contributed by atoms with E-state index in [1.807, 2.05) is 0 Å². The number of carbonyl (C=O) groups is 2. The molecule has 2 aliphatic carbocycles. The molecule has 1 heterocycles. The first-order valence-corrected chi connectivity index (χ1v) is 14.3. The van der Waals surface area contributed by atoms with Crippen LogP contribution >= 0.6 is 11.6 Å². The Balaban J connectivity index is 1.52. The Kier molecular flexibility index (Phi) is 8.52. The van der Waals surface area contributed by atoms with Crippen molar-refractivity contribution in [3.63, 3.8) is 0 Å². The second-order valence-corrected chi connectivity index (χ2v) is 11.5. The first-order chi connectivity index (χ1) is 20.7. The number of benzene rings is 2. The van der Waals surface area contributed by atoms with Crippen molar-refractivity contribution in [2.24, 2.45) is 0 Å². The highest BCUT2D eigenvalue weighted by atomic mass is 35.5. The van der Waals surface area contributed by atoms with Crippen LogP contribution < -0.4 is 20.1 Å². The molecule has 8 nitrogen and oxygen atoms in total. The number of carbonyl (C=O) groups excluding carboxylic acids is 2. The Morgan fingerprint density at radius 1 is 1.09 bits per heavy atom. The number of nitrogens with zero attached hydrogens (tertiary/aromatic N) is 1. The largest absolute Gasteiger partial charge is 0.493 e. The molecule has 5 rings (SSSR count). The van der Waals surface area contributed by atoms with Crippen LogP contribution in [0.2, 0.25) is 5.02 Å². The molecule has 13 heteroatoms. The van der Waals surface area contributed by atoms with Gasteiger partial charge >= 0.3 is 6.18 Å². The molecule has 234 valence electrons. The number of ether oxygens (including phenoxy) is 2. The number of methoxy groups -OCH3 is 1. The molecule has 2 aliphatic rings. The maximum absolute atomic E-state index is 14.7. The van der Waals surface area contributed by atoms with Crippen LogP contribution in [0.4, 0.5) is 17.6 Å². The second kappa shape index (κ2) is 11.9. The summed E-state index contributed by atoms with van der Waals surface area (Å²) in [5, 5.41) is 16.0. The average molecular weight is 636 g/mol. The van der Waals surface area contributed by atoms with Gasteiger partial charge in [0.1, 0.15) is 5.82 Å². The minimum Gasteiger partial charge on any atom is -0.493 e. The lowest BCUT2D eigenvalue weighted by atomic mass is 9.71. The van der Waals surface area contributed by atoms with Crippen LogP contribution in [0.1, 0.15) is 60.6 Å². The van der Waals surface area contributed by atoms with Crippen LogP contribution in [-0.2, 0) is 15.9 Å². The van der Waals surface area contributed by atoms with Gasteiger partial charge in [-0.05, 0) is 86.2 Å². The topological polar surface area (TPSA) is 110 Å². The summed E-state index contributed by atoms with van der Waals surface area (Å²) in [5.74, 6) is -1.40. The van der Waals surface area contributed by atoms with Crippen LogP contribution in [0.25, 0.3) is 11.3 Å². The number of aromatic nitrogens is 1. The number of hydrogen-bond donors (Lipinski definition) is 3. The molecule has 3 N–H and O–H groups in total. The van der Waals surface area contributed by atoms with Gasteiger partial charge in [-0.3, -0.25) is 9.59 Å². The second-order valence-electron chi connectivity index (χ2n) is 11.1. The predicted octanol–water partition coefficient (Wildman–Crippen LogP) is 5.79. The molecule has 3 aromatic rings. The fourth-order valence-corrected chi connectivity index (χ4v) is 5.27. The van der Waals surface area contributed by atoms with Crippen molar-refractivity contribution < 1.29 is 41.7 Å². The number of pyridine rings is 1. The number of halogens is 5. The molecule has 0 spiro atoms. The molecule has 0 saturated heterocycles. The molecule has 0 radical (unpaired) electrons. The van der Waals surface area contributed by atoms with Crippen molar-refractivity contribution in [3.8, 4) is 22.8 Å². The summed E-state index contributed by atoms with van der Waals surface area (Å²) in [6, 6.07) is 10.3. The highest BCUT2D eigenvalue weighted by Gasteiger charge is 2.57. The standard InChI is InChI=1S/C31H30ClF4N3O5/c1-17(40)39-29(10-3-11-29)20-14-24(18-4-8-23(33)22(32)12-18)38-27(15-20)30(42,31(34,35)36)16-37-28(41)19-5-9-25(26(13-19)43-2)44-21-6-7-21/h4-5,8-9,12-15,21,42H,3,6-7,10-11,16H2,1-2H3,(H,37,41)(H,39,40). The summed E-state index contributed by atoms with van der Waals surface area (Å²) in [7, 11) is 1.37. The zero-order valence-corrected chi connectivity index (χ0v) is 24.6. The number of rotatable bonds is 10. The van der Waals surface area contributed by atoms with E-state index in [0.717, 1.165) is 25.0 Å². The molecular weight excluding hydrogens is 606 g/mol. The van der Waals surface area contributed by atoms with Gasteiger partial charge in [0.05, 0.1) is 41.7 Å². The Labute approximate surface area is 255 Å². The van der Waals surface area contributed by atoms with Gasteiger partial charge in [-0.2, -0.15) is 13.2 Å². The molecule has 1 unspecified atom stereocenters.